The van der Waals surface area contributed by atoms with E-state index in [1.165, 1.54) is 19.2 Å². The highest BCUT2D eigenvalue weighted by Gasteiger charge is 2.23. The van der Waals surface area contributed by atoms with Crippen LogP contribution in [0, 0.1) is 10.1 Å². The molecule has 2 rings (SSSR count). The maximum absolute atomic E-state index is 10.6. The SMILES string of the molecule is COC(=Nc1cccc([N+](=O)[O-])c1)N1CC1. The molecule has 6 nitrogen and oxygen atoms in total. The Labute approximate surface area is 92.3 Å². The van der Waals surface area contributed by atoms with Crippen LogP contribution in [0.4, 0.5) is 11.4 Å². The van der Waals surface area contributed by atoms with Crippen molar-refractivity contribution in [1.29, 1.82) is 0 Å². The Morgan fingerprint density at radius 2 is 2.31 bits per heavy atom. The van der Waals surface area contributed by atoms with Crippen LogP contribution in [-0.2, 0) is 4.74 Å². The van der Waals surface area contributed by atoms with E-state index >= 15 is 0 Å². The number of nitro benzene ring substituents is 1. The second-order valence-corrected chi connectivity index (χ2v) is 3.36. The summed E-state index contributed by atoms with van der Waals surface area (Å²) in [5.41, 5.74) is 0.556. The van der Waals surface area contributed by atoms with Gasteiger partial charge >= 0.3 is 0 Å². The number of rotatable bonds is 2. The molecule has 1 aliphatic heterocycles. The fourth-order valence-corrected chi connectivity index (χ4v) is 1.27. The molecule has 0 bridgehead atoms. The zero-order chi connectivity index (χ0) is 11.5. The first-order valence-electron chi connectivity index (χ1n) is 4.83. The number of methoxy groups -OCH3 is 1. The van der Waals surface area contributed by atoms with E-state index in [-0.39, 0.29) is 5.69 Å². The van der Waals surface area contributed by atoms with Crippen LogP contribution < -0.4 is 0 Å². The molecule has 84 valence electrons. The summed E-state index contributed by atoms with van der Waals surface area (Å²) in [7, 11) is 1.54. The summed E-state index contributed by atoms with van der Waals surface area (Å²) < 4.78 is 5.08. The van der Waals surface area contributed by atoms with Gasteiger partial charge in [-0.25, -0.2) is 0 Å². The van der Waals surface area contributed by atoms with Crippen molar-refractivity contribution in [3.8, 4) is 0 Å². The zero-order valence-corrected chi connectivity index (χ0v) is 8.79. The summed E-state index contributed by atoms with van der Waals surface area (Å²) in [6, 6.07) is 6.66. The number of nitrogens with zero attached hydrogens (tertiary/aromatic N) is 3. The molecule has 0 aromatic heterocycles. The van der Waals surface area contributed by atoms with Crippen LogP contribution in [0.25, 0.3) is 0 Å². The maximum atomic E-state index is 10.6. The van der Waals surface area contributed by atoms with Crippen LogP contribution in [0.15, 0.2) is 29.3 Å². The van der Waals surface area contributed by atoms with E-state index < -0.39 is 4.92 Å². The minimum atomic E-state index is -0.442. The molecule has 0 saturated carbocycles. The van der Waals surface area contributed by atoms with Gasteiger partial charge in [0.1, 0.15) is 0 Å². The second kappa shape index (κ2) is 4.18. The lowest BCUT2D eigenvalue weighted by atomic mass is 10.3. The summed E-state index contributed by atoms with van der Waals surface area (Å²) >= 11 is 0. The fourth-order valence-electron chi connectivity index (χ4n) is 1.27. The van der Waals surface area contributed by atoms with Crippen molar-refractivity contribution in [3.05, 3.63) is 34.4 Å². The van der Waals surface area contributed by atoms with Gasteiger partial charge in [0.15, 0.2) is 0 Å². The third kappa shape index (κ3) is 2.28. The number of non-ortho nitro benzene ring substituents is 1. The van der Waals surface area contributed by atoms with Crippen molar-refractivity contribution >= 4 is 17.4 Å². The number of hydrogen-bond donors (Lipinski definition) is 0. The van der Waals surface area contributed by atoms with Gasteiger partial charge in [0, 0.05) is 25.2 Å². The first kappa shape index (κ1) is 10.4. The van der Waals surface area contributed by atoms with Crippen LogP contribution in [0.3, 0.4) is 0 Å². The van der Waals surface area contributed by atoms with Crippen molar-refractivity contribution in [3.63, 3.8) is 0 Å². The molecule has 0 atom stereocenters. The molecule has 1 fully saturated rings. The smallest absolute Gasteiger partial charge is 0.292 e. The predicted octanol–water partition coefficient (Wildman–Crippen LogP) is 1.54. The van der Waals surface area contributed by atoms with Gasteiger partial charge in [-0.3, -0.25) is 10.1 Å². The van der Waals surface area contributed by atoms with Gasteiger partial charge in [0.25, 0.3) is 11.7 Å². The number of benzene rings is 1. The van der Waals surface area contributed by atoms with Crippen molar-refractivity contribution in [2.24, 2.45) is 4.99 Å². The third-order valence-corrected chi connectivity index (χ3v) is 2.17. The molecule has 0 unspecified atom stereocenters. The Morgan fingerprint density at radius 3 is 2.88 bits per heavy atom. The first-order chi connectivity index (χ1) is 7.70. The summed E-state index contributed by atoms with van der Waals surface area (Å²) in [6.07, 6.45) is 0. The highest BCUT2D eigenvalue weighted by Crippen LogP contribution is 2.21. The minimum absolute atomic E-state index is 0.0301. The Kier molecular flexibility index (Phi) is 2.72. The Balaban J connectivity index is 2.25. The molecule has 1 aliphatic rings. The fraction of sp³-hybridized carbons (Fsp3) is 0.300. The first-order valence-corrected chi connectivity index (χ1v) is 4.83. The van der Waals surface area contributed by atoms with Crippen LogP contribution in [0.2, 0.25) is 0 Å². The van der Waals surface area contributed by atoms with Crippen LogP contribution >= 0.6 is 0 Å². The number of amidine groups is 1. The molecule has 0 aliphatic carbocycles. The molecule has 0 amide bonds. The van der Waals surface area contributed by atoms with E-state index in [1.807, 2.05) is 4.90 Å². The average Bonchev–Trinajstić information content (AvgIpc) is 3.10. The van der Waals surface area contributed by atoms with Crippen molar-refractivity contribution < 1.29 is 9.66 Å². The third-order valence-electron chi connectivity index (χ3n) is 2.17. The lowest BCUT2D eigenvalue weighted by Gasteiger charge is -2.04. The summed E-state index contributed by atoms with van der Waals surface area (Å²) in [6.45, 7) is 1.84. The van der Waals surface area contributed by atoms with Gasteiger partial charge < -0.3 is 9.64 Å². The molecular formula is C10H11N3O3. The molecule has 0 N–H and O–H groups in total. The van der Waals surface area contributed by atoms with Crippen LogP contribution in [0.5, 0.6) is 0 Å². The lowest BCUT2D eigenvalue weighted by Crippen LogP contribution is -2.12. The average molecular weight is 221 g/mol. The summed E-state index contributed by atoms with van der Waals surface area (Å²) in [4.78, 5) is 16.3. The van der Waals surface area contributed by atoms with E-state index in [9.17, 15) is 10.1 Å². The van der Waals surface area contributed by atoms with Gasteiger partial charge in [0.2, 0.25) is 0 Å². The zero-order valence-electron chi connectivity index (χ0n) is 8.79. The molecule has 1 aromatic carbocycles. The largest absolute Gasteiger partial charge is 0.468 e. The van der Waals surface area contributed by atoms with Gasteiger partial charge in [-0.1, -0.05) is 6.07 Å². The molecule has 0 radical (unpaired) electrons. The van der Waals surface area contributed by atoms with Crippen molar-refractivity contribution in [1.82, 2.24) is 4.90 Å². The highest BCUT2D eigenvalue weighted by molar-refractivity contribution is 5.79. The van der Waals surface area contributed by atoms with E-state index in [0.717, 1.165) is 13.1 Å². The van der Waals surface area contributed by atoms with E-state index in [4.69, 9.17) is 4.74 Å². The highest BCUT2D eigenvalue weighted by atomic mass is 16.6. The second-order valence-electron chi connectivity index (χ2n) is 3.36. The van der Waals surface area contributed by atoms with Crippen LogP contribution in [-0.4, -0.2) is 36.0 Å². The standard InChI is InChI=1S/C10H11N3O3/c1-16-10(12-5-6-12)11-8-3-2-4-9(7-8)13(14)15/h2-4,7H,5-6H2,1H3. The molecule has 0 spiro atoms. The van der Waals surface area contributed by atoms with E-state index in [2.05, 4.69) is 4.99 Å². The van der Waals surface area contributed by atoms with Gasteiger partial charge in [0.05, 0.1) is 17.7 Å². The van der Waals surface area contributed by atoms with Crippen molar-refractivity contribution in [2.45, 2.75) is 0 Å². The van der Waals surface area contributed by atoms with Gasteiger partial charge in [-0.05, 0) is 6.07 Å². The Hall–Kier alpha value is -2.11. The number of ether oxygens (including phenoxy) is 1. The topological polar surface area (TPSA) is 67.7 Å². The molecule has 16 heavy (non-hydrogen) atoms. The molecule has 1 aromatic rings. The number of nitro groups is 1. The Morgan fingerprint density at radius 1 is 1.56 bits per heavy atom. The lowest BCUT2D eigenvalue weighted by molar-refractivity contribution is -0.384. The predicted molar refractivity (Wildman–Crippen MR) is 58.8 cm³/mol. The Bertz CT molecular complexity index is 441. The van der Waals surface area contributed by atoms with Crippen LogP contribution in [0.1, 0.15) is 0 Å². The maximum Gasteiger partial charge on any atom is 0.292 e. The molecule has 1 saturated heterocycles. The summed E-state index contributed by atoms with van der Waals surface area (Å²) in [5, 5.41) is 10.6. The van der Waals surface area contributed by atoms with Gasteiger partial charge in [-0.2, -0.15) is 4.99 Å². The molecular weight excluding hydrogens is 210 g/mol. The quantitative estimate of drug-likeness (QED) is 0.250. The van der Waals surface area contributed by atoms with E-state index in [1.54, 1.807) is 12.1 Å². The normalized spacial score (nSPS) is 14.8. The number of hydrogen-bond acceptors (Lipinski definition) is 4. The monoisotopic (exact) mass is 221 g/mol. The summed E-state index contributed by atoms with van der Waals surface area (Å²) in [5.74, 6) is 0. The minimum Gasteiger partial charge on any atom is -0.468 e. The van der Waals surface area contributed by atoms with Crippen molar-refractivity contribution in [2.75, 3.05) is 20.2 Å². The van der Waals surface area contributed by atoms with Gasteiger partial charge in [-0.15, -0.1) is 0 Å². The molecule has 1 heterocycles. The number of aliphatic imine (C=N–C) groups is 1. The molecule has 6 heteroatoms. The van der Waals surface area contributed by atoms with E-state index in [0.29, 0.717) is 11.7 Å².